The Balaban J connectivity index is 2.62. The summed E-state index contributed by atoms with van der Waals surface area (Å²) in [5, 5.41) is 6.18. The van der Waals surface area contributed by atoms with Crippen molar-refractivity contribution in [1.29, 1.82) is 0 Å². The molecule has 0 saturated heterocycles. The normalized spacial score (nSPS) is 14.4. The summed E-state index contributed by atoms with van der Waals surface area (Å²) < 4.78 is 5.70. The highest BCUT2D eigenvalue weighted by atomic mass is 16.5. The van der Waals surface area contributed by atoms with Crippen LogP contribution in [0.5, 0.6) is 5.75 Å². The third-order valence-corrected chi connectivity index (χ3v) is 3.84. The molecule has 0 heterocycles. The van der Waals surface area contributed by atoms with Gasteiger partial charge < -0.3 is 15.4 Å². The van der Waals surface area contributed by atoms with Crippen molar-refractivity contribution in [2.75, 3.05) is 7.05 Å². The lowest BCUT2D eigenvalue weighted by Gasteiger charge is -2.26. The number of hydrogen-bond acceptors (Lipinski definition) is 3. The maximum absolute atomic E-state index is 12.1. The molecule has 1 aromatic rings. The number of hydrogen-bond donors (Lipinski definition) is 2. The molecule has 0 bridgehead atoms. The third-order valence-electron chi connectivity index (χ3n) is 3.84. The molecule has 4 heteroatoms. The number of carbonyl (C=O) groups is 1. The quantitative estimate of drug-likeness (QED) is 0.812. The zero-order chi connectivity index (χ0) is 16.0. The van der Waals surface area contributed by atoms with E-state index in [0.29, 0.717) is 11.8 Å². The van der Waals surface area contributed by atoms with Gasteiger partial charge in [0.1, 0.15) is 5.75 Å². The molecule has 0 aromatic heterocycles. The Morgan fingerprint density at radius 3 is 2.29 bits per heavy atom. The van der Waals surface area contributed by atoms with Crippen molar-refractivity contribution in [3.8, 4) is 5.75 Å². The molecule has 0 aliphatic rings. The van der Waals surface area contributed by atoms with Crippen molar-refractivity contribution >= 4 is 5.91 Å². The summed E-state index contributed by atoms with van der Waals surface area (Å²) in [6.07, 6.45) is 0.366. The number of nitrogens with one attached hydrogen (secondary N) is 2. The molecule has 0 fully saturated rings. The molecule has 2 unspecified atom stereocenters. The van der Waals surface area contributed by atoms with Gasteiger partial charge in [-0.2, -0.15) is 0 Å². The second-order valence-corrected chi connectivity index (χ2v) is 6.07. The number of rotatable bonds is 7. The first-order chi connectivity index (χ1) is 9.79. The third kappa shape index (κ3) is 5.38. The fourth-order valence-electron chi connectivity index (χ4n) is 1.78. The van der Waals surface area contributed by atoms with E-state index in [9.17, 15) is 4.79 Å². The summed E-state index contributed by atoms with van der Waals surface area (Å²) in [6, 6.07) is 8.12. The zero-order valence-electron chi connectivity index (χ0n) is 14.0. The second kappa shape index (κ2) is 7.46. The van der Waals surface area contributed by atoms with Crippen LogP contribution < -0.4 is 15.4 Å². The molecule has 118 valence electrons. The van der Waals surface area contributed by atoms with Crippen LogP contribution in [0.25, 0.3) is 0 Å². The summed E-state index contributed by atoms with van der Waals surface area (Å²) >= 11 is 0. The van der Waals surface area contributed by atoms with Gasteiger partial charge in [0.2, 0.25) is 0 Å². The minimum absolute atomic E-state index is 0.0884. The Morgan fingerprint density at radius 1 is 1.24 bits per heavy atom. The van der Waals surface area contributed by atoms with Gasteiger partial charge in [-0.3, -0.25) is 4.79 Å². The first-order valence-electron chi connectivity index (χ1n) is 7.55. The van der Waals surface area contributed by atoms with Crippen molar-refractivity contribution in [2.45, 2.75) is 58.7 Å². The molecule has 2 atom stereocenters. The van der Waals surface area contributed by atoms with Gasteiger partial charge in [0.25, 0.3) is 5.91 Å². The van der Waals surface area contributed by atoms with Crippen molar-refractivity contribution in [2.24, 2.45) is 0 Å². The van der Waals surface area contributed by atoms with Gasteiger partial charge in [0.15, 0.2) is 6.10 Å². The standard InChI is InChI=1S/C17H28N2O2/c1-7-17(4,5)19-16(20)13(3)21-15-10-8-14(9-11-15)12(2)18-6/h8-13,18H,7H2,1-6H3,(H,19,20). The molecule has 1 aromatic carbocycles. The van der Waals surface area contributed by atoms with Gasteiger partial charge in [-0.15, -0.1) is 0 Å². The van der Waals surface area contributed by atoms with Gasteiger partial charge in [0, 0.05) is 11.6 Å². The van der Waals surface area contributed by atoms with E-state index in [2.05, 4.69) is 17.6 Å². The van der Waals surface area contributed by atoms with Crippen molar-refractivity contribution in [1.82, 2.24) is 10.6 Å². The highest BCUT2D eigenvalue weighted by Gasteiger charge is 2.22. The lowest BCUT2D eigenvalue weighted by Crippen LogP contribution is -2.48. The highest BCUT2D eigenvalue weighted by Crippen LogP contribution is 2.18. The van der Waals surface area contributed by atoms with E-state index in [-0.39, 0.29) is 11.4 Å². The van der Waals surface area contributed by atoms with Crippen LogP contribution >= 0.6 is 0 Å². The fourth-order valence-corrected chi connectivity index (χ4v) is 1.78. The molecule has 0 spiro atoms. The molecular formula is C17H28N2O2. The molecule has 21 heavy (non-hydrogen) atoms. The van der Waals surface area contributed by atoms with E-state index in [1.165, 1.54) is 5.56 Å². The average molecular weight is 292 g/mol. The summed E-state index contributed by atoms with van der Waals surface area (Å²) in [7, 11) is 1.93. The number of ether oxygens (including phenoxy) is 1. The first-order valence-corrected chi connectivity index (χ1v) is 7.55. The van der Waals surface area contributed by atoms with Crippen LogP contribution in [0.3, 0.4) is 0 Å². The Labute approximate surface area is 128 Å². The predicted octanol–water partition coefficient (Wildman–Crippen LogP) is 3.04. The van der Waals surface area contributed by atoms with Gasteiger partial charge in [-0.1, -0.05) is 19.1 Å². The smallest absolute Gasteiger partial charge is 0.261 e. The number of amides is 1. The zero-order valence-corrected chi connectivity index (χ0v) is 14.0. The molecule has 4 nitrogen and oxygen atoms in total. The Bertz CT molecular complexity index is 454. The van der Waals surface area contributed by atoms with E-state index in [1.54, 1.807) is 6.92 Å². The second-order valence-electron chi connectivity index (χ2n) is 6.07. The Morgan fingerprint density at radius 2 is 1.81 bits per heavy atom. The maximum atomic E-state index is 12.1. The maximum Gasteiger partial charge on any atom is 0.261 e. The Kier molecular flexibility index (Phi) is 6.21. The van der Waals surface area contributed by atoms with Gasteiger partial charge in [-0.05, 0) is 58.9 Å². The summed E-state index contributed by atoms with van der Waals surface area (Å²) in [5.41, 5.74) is 0.981. The van der Waals surface area contributed by atoms with E-state index < -0.39 is 6.10 Å². The first kappa shape index (κ1) is 17.5. The average Bonchev–Trinajstić information content (AvgIpc) is 2.46. The highest BCUT2D eigenvalue weighted by molar-refractivity contribution is 5.81. The number of benzene rings is 1. The molecule has 1 rings (SSSR count). The molecular weight excluding hydrogens is 264 g/mol. The number of carbonyl (C=O) groups excluding carboxylic acids is 1. The van der Waals surface area contributed by atoms with E-state index in [0.717, 1.165) is 6.42 Å². The van der Waals surface area contributed by atoms with Crippen LogP contribution in [0, 0.1) is 0 Å². The fraction of sp³-hybridized carbons (Fsp3) is 0.588. The largest absolute Gasteiger partial charge is 0.481 e. The summed E-state index contributed by atoms with van der Waals surface area (Å²) in [4.78, 5) is 12.1. The topological polar surface area (TPSA) is 50.4 Å². The van der Waals surface area contributed by atoms with Gasteiger partial charge in [-0.25, -0.2) is 0 Å². The van der Waals surface area contributed by atoms with Crippen molar-refractivity contribution in [3.05, 3.63) is 29.8 Å². The van der Waals surface area contributed by atoms with Crippen LogP contribution in [-0.2, 0) is 4.79 Å². The van der Waals surface area contributed by atoms with Crippen LogP contribution in [0.4, 0.5) is 0 Å². The minimum atomic E-state index is -0.511. The van der Waals surface area contributed by atoms with E-state index >= 15 is 0 Å². The van der Waals surface area contributed by atoms with Gasteiger partial charge >= 0.3 is 0 Å². The summed E-state index contributed by atoms with van der Waals surface area (Å²) in [5.74, 6) is 0.619. The SMILES string of the molecule is CCC(C)(C)NC(=O)C(C)Oc1ccc(C(C)NC)cc1. The predicted molar refractivity (Wildman–Crippen MR) is 86.5 cm³/mol. The van der Waals surface area contributed by atoms with Crippen molar-refractivity contribution in [3.63, 3.8) is 0 Å². The molecule has 0 aliphatic heterocycles. The minimum Gasteiger partial charge on any atom is -0.481 e. The van der Waals surface area contributed by atoms with Crippen LogP contribution in [-0.4, -0.2) is 24.6 Å². The summed E-state index contributed by atoms with van der Waals surface area (Å²) in [6.45, 7) is 9.93. The molecule has 0 saturated carbocycles. The van der Waals surface area contributed by atoms with Crippen LogP contribution in [0.1, 0.15) is 52.6 Å². The molecule has 0 radical (unpaired) electrons. The lowest BCUT2D eigenvalue weighted by molar-refractivity contribution is -0.128. The van der Waals surface area contributed by atoms with E-state index in [1.807, 2.05) is 52.1 Å². The van der Waals surface area contributed by atoms with Gasteiger partial charge in [0.05, 0.1) is 0 Å². The van der Waals surface area contributed by atoms with Crippen LogP contribution in [0.15, 0.2) is 24.3 Å². The monoisotopic (exact) mass is 292 g/mol. The van der Waals surface area contributed by atoms with E-state index in [4.69, 9.17) is 4.74 Å². The molecule has 2 N–H and O–H groups in total. The van der Waals surface area contributed by atoms with Crippen LogP contribution in [0.2, 0.25) is 0 Å². The molecule has 1 amide bonds. The molecule has 0 aliphatic carbocycles. The Hall–Kier alpha value is -1.55. The lowest BCUT2D eigenvalue weighted by atomic mass is 10.0. The van der Waals surface area contributed by atoms with Crippen molar-refractivity contribution < 1.29 is 9.53 Å².